The van der Waals surface area contributed by atoms with E-state index < -0.39 is 18.0 Å². The van der Waals surface area contributed by atoms with Crippen molar-refractivity contribution in [2.24, 2.45) is 0 Å². The Labute approximate surface area is 157 Å². The van der Waals surface area contributed by atoms with Crippen molar-refractivity contribution in [3.05, 3.63) is 64.7 Å². The van der Waals surface area contributed by atoms with Gasteiger partial charge in [-0.1, -0.05) is 41.4 Å². The molecule has 0 unspecified atom stereocenters. The zero-order valence-corrected chi connectivity index (χ0v) is 15.5. The summed E-state index contributed by atoms with van der Waals surface area (Å²) in [7, 11) is 1.51. The number of halogens is 1. The van der Waals surface area contributed by atoms with Crippen LogP contribution in [0, 0.1) is 6.92 Å². The topological polar surface area (TPSA) is 64.6 Å². The zero-order valence-electron chi connectivity index (χ0n) is 14.8. The average Bonchev–Trinajstić information content (AvgIpc) is 2.61. The summed E-state index contributed by atoms with van der Waals surface area (Å²) >= 11 is 6.02. The highest BCUT2D eigenvalue weighted by molar-refractivity contribution is 6.32. The van der Waals surface area contributed by atoms with Crippen molar-refractivity contribution in [1.29, 1.82) is 0 Å². The third kappa shape index (κ3) is 5.63. The molecule has 26 heavy (non-hydrogen) atoms. The lowest BCUT2D eigenvalue weighted by Crippen LogP contribution is -2.29. The van der Waals surface area contributed by atoms with Gasteiger partial charge in [-0.25, -0.2) is 4.79 Å². The van der Waals surface area contributed by atoms with Gasteiger partial charge in [0.1, 0.15) is 5.75 Å². The summed E-state index contributed by atoms with van der Waals surface area (Å²) in [5.41, 5.74) is 2.49. The molecule has 2 rings (SSSR count). The summed E-state index contributed by atoms with van der Waals surface area (Å²) < 4.78 is 10.2. The molecular weight excluding hydrogens is 354 g/mol. The Bertz CT molecular complexity index is 815. The number of benzene rings is 2. The monoisotopic (exact) mass is 373 g/mol. The van der Waals surface area contributed by atoms with Crippen molar-refractivity contribution in [2.75, 3.05) is 12.4 Å². The van der Waals surface area contributed by atoms with E-state index in [9.17, 15) is 9.59 Å². The number of ether oxygens (including phenoxy) is 2. The molecule has 0 spiro atoms. The number of amides is 1. The van der Waals surface area contributed by atoms with E-state index in [2.05, 4.69) is 5.32 Å². The first kappa shape index (κ1) is 19.5. The third-order valence-corrected chi connectivity index (χ3v) is 3.87. The average molecular weight is 374 g/mol. The molecule has 0 fully saturated rings. The van der Waals surface area contributed by atoms with Gasteiger partial charge in [0.25, 0.3) is 5.91 Å². The Morgan fingerprint density at radius 3 is 2.46 bits per heavy atom. The quantitative estimate of drug-likeness (QED) is 0.607. The van der Waals surface area contributed by atoms with E-state index in [4.69, 9.17) is 21.1 Å². The number of hydrogen-bond acceptors (Lipinski definition) is 4. The van der Waals surface area contributed by atoms with Gasteiger partial charge in [0, 0.05) is 11.8 Å². The van der Waals surface area contributed by atoms with Crippen LogP contribution in [0.4, 0.5) is 5.69 Å². The summed E-state index contributed by atoms with van der Waals surface area (Å²) in [4.78, 5) is 24.0. The largest absolute Gasteiger partial charge is 0.495 e. The molecule has 1 amide bonds. The van der Waals surface area contributed by atoms with Crippen LogP contribution in [-0.4, -0.2) is 25.1 Å². The van der Waals surface area contributed by atoms with Crippen LogP contribution < -0.4 is 10.1 Å². The van der Waals surface area contributed by atoms with Gasteiger partial charge in [-0.3, -0.25) is 4.79 Å². The number of aryl methyl sites for hydroxylation is 1. The van der Waals surface area contributed by atoms with Gasteiger partial charge < -0.3 is 14.8 Å². The second kappa shape index (κ2) is 9.06. The van der Waals surface area contributed by atoms with Crippen LogP contribution in [0.25, 0.3) is 6.08 Å². The normalized spacial score (nSPS) is 11.8. The number of anilines is 1. The zero-order chi connectivity index (χ0) is 19.1. The predicted octanol–water partition coefficient (Wildman–Crippen LogP) is 4.24. The summed E-state index contributed by atoms with van der Waals surface area (Å²) in [6, 6.07) is 12.5. The lowest BCUT2D eigenvalue weighted by molar-refractivity contribution is -0.148. The van der Waals surface area contributed by atoms with Gasteiger partial charge in [0.2, 0.25) is 0 Å². The van der Waals surface area contributed by atoms with Gasteiger partial charge in [0.05, 0.1) is 12.1 Å². The molecule has 0 bridgehead atoms. The first-order valence-corrected chi connectivity index (χ1v) is 8.36. The molecule has 0 saturated heterocycles. The van der Waals surface area contributed by atoms with Crippen LogP contribution in [0.2, 0.25) is 5.02 Å². The van der Waals surface area contributed by atoms with Crippen LogP contribution >= 0.6 is 11.6 Å². The molecule has 0 aromatic heterocycles. The molecule has 0 radical (unpaired) electrons. The molecule has 2 aromatic carbocycles. The van der Waals surface area contributed by atoms with Crippen LogP contribution in [0.3, 0.4) is 0 Å². The second-order valence-corrected chi connectivity index (χ2v) is 6.07. The van der Waals surface area contributed by atoms with Crippen LogP contribution in [0.5, 0.6) is 5.75 Å². The molecule has 2 aromatic rings. The number of carbonyl (C=O) groups excluding carboxylic acids is 2. The minimum absolute atomic E-state index is 0.371. The van der Waals surface area contributed by atoms with E-state index in [0.29, 0.717) is 16.5 Å². The fourth-order valence-electron chi connectivity index (χ4n) is 2.10. The van der Waals surface area contributed by atoms with Crippen molar-refractivity contribution in [2.45, 2.75) is 20.0 Å². The minimum Gasteiger partial charge on any atom is -0.495 e. The summed E-state index contributed by atoms with van der Waals surface area (Å²) in [5.74, 6) is -0.547. The first-order chi connectivity index (χ1) is 12.4. The molecule has 0 heterocycles. The summed E-state index contributed by atoms with van der Waals surface area (Å²) in [6.45, 7) is 3.48. The SMILES string of the molecule is COc1ccc(NC(=O)[C@H](C)OC(=O)/C=C/c2ccc(C)cc2)cc1Cl. The molecule has 1 atom stereocenters. The Hall–Kier alpha value is -2.79. The van der Waals surface area contributed by atoms with Gasteiger partial charge in [-0.15, -0.1) is 0 Å². The predicted molar refractivity (Wildman–Crippen MR) is 102 cm³/mol. The van der Waals surface area contributed by atoms with E-state index in [1.807, 2.05) is 31.2 Å². The van der Waals surface area contributed by atoms with E-state index in [-0.39, 0.29) is 0 Å². The van der Waals surface area contributed by atoms with E-state index in [0.717, 1.165) is 11.1 Å². The van der Waals surface area contributed by atoms with E-state index in [1.54, 1.807) is 24.3 Å². The van der Waals surface area contributed by atoms with Crippen molar-refractivity contribution >= 4 is 35.2 Å². The van der Waals surface area contributed by atoms with Crippen LogP contribution in [-0.2, 0) is 14.3 Å². The maximum Gasteiger partial charge on any atom is 0.331 e. The number of carbonyl (C=O) groups is 2. The molecule has 0 aliphatic rings. The van der Waals surface area contributed by atoms with Crippen molar-refractivity contribution in [1.82, 2.24) is 0 Å². The molecule has 0 aliphatic carbocycles. The van der Waals surface area contributed by atoms with Gasteiger partial charge in [0.15, 0.2) is 6.10 Å². The lowest BCUT2D eigenvalue weighted by atomic mass is 10.1. The van der Waals surface area contributed by atoms with Crippen LogP contribution in [0.1, 0.15) is 18.1 Å². The van der Waals surface area contributed by atoms with Crippen molar-refractivity contribution in [3.63, 3.8) is 0 Å². The van der Waals surface area contributed by atoms with Gasteiger partial charge in [-0.05, 0) is 43.7 Å². The molecular formula is C20H20ClNO4. The maximum atomic E-state index is 12.1. The number of rotatable bonds is 6. The van der Waals surface area contributed by atoms with E-state index in [1.165, 1.54) is 20.1 Å². The summed E-state index contributed by atoms with van der Waals surface area (Å²) in [5, 5.41) is 3.01. The van der Waals surface area contributed by atoms with Crippen molar-refractivity contribution in [3.8, 4) is 5.75 Å². The first-order valence-electron chi connectivity index (χ1n) is 7.99. The molecule has 0 aliphatic heterocycles. The van der Waals surface area contributed by atoms with Gasteiger partial charge in [-0.2, -0.15) is 0 Å². The molecule has 5 nitrogen and oxygen atoms in total. The van der Waals surface area contributed by atoms with Gasteiger partial charge >= 0.3 is 5.97 Å². The minimum atomic E-state index is -0.953. The highest BCUT2D eigenvalue weighted by Gasteiger charge is 2.17. The number of methoxy groups -OCH3 is 1. The number of nitrogens with one attached hydrogen (secondary N) is 1. The van der Waals surface area contributed by atoms with Crippen molar-refractivity contribution < 1.29 is 19.1 Å². The highest BCUT2D eigenvalue weighted by Crippen LogP contribution is 2.27. The van der Waals surface area contributed by atoms with E-state index >= 15 is 0 Å². The fraction of sp³-hybridized carbons (Fsp3) is 0.200. The number of hydrogen-bond donors (Lipinski definition) is 1. The Kier molecular flexibility index (Phi) is 6.81. The number of esters is 1. The fourth-order valence-corrected chi connectivity index (χ4v) is 2.35. The van der Waals surface area contributed by atoms with Crippen LogP contribution in [0.15, 0.2) is 48.5 Å². The second-order valence-electron chi connectivity index (χ2n) is 5.66. The smallest absolute Gasteiger partial charge is 0.331 e. The Morgan fingerprint density at radius 1 is 1.15 bits per heavy atom. The maximum absolute atomic E-state index is 12.1. The Morgan fingerprint density at radius 2 is 1.85 bits per heavy atom. The standard InChI is InChI=1S/C20H20ClNO4/c1-13-4-6-15(7-5-13)8-11-19(23)26-14(2)20(24)22-16-9-10-18(25-3)17(21)12-16/h4-12,14H,1-3H3,(H,22,24)/b11-8+/t14-/m0/s1. The summed E-state index contributed by atoms with van der Waals surface area (Å²) in [6.07, 6.45) is 1.97. The lowest BCUT2D eigenvalue weighted by Gasteiger charge is -2.13. The third-order valence-electron chi connectivity index (χ3n) is 3.57. The molecule has 1 N–H and O–H groups in total. The highest BCUT2D eigenvalue weighted by atomic mass is 35.5. The Balaban J connectivity index is 1.90. The molecule has 136 valence electrons. The molecule has 0 saturated carbocycles. The molecule has 6 heteroatoms.